The molecule has 4 heteroatoms. The third-order valence-corrected chi connectivity index (χ3v) is 3.46. The minimum atomic E-state index is 0.286. The number of nitrogens with zero attached hydrogens (tertiary/aromatic N) is 2. The van der Waals surface area contributed by atoms with E-state index in [0.29, 0.717) is 24.8 Å². The van der Waals surface area contributed by atoms with Gasteiger partial charge in [-0.2, -0.15) is 0 Å². The average Bonchev–Trinajstić information content (AvgIpc) is 2.28. The molecule has 0 aromatic heterocycles. The molecule has 1 rings (SSSR count). The molecule has 1 fully saturated rings. The van der Waals surface area contributed by atoms with Crippen molar-refractivity contribution in [2.24, 2.45) is 17.6 Å². The number of rotatable bonds is 5. The molecule has 1 atom stereocenters. The first kappa shape index (κ1) is 14.5. The van der Waals surface area contributed by atoms with Crippen LogP contribution < -0.4 is 5.73 Å². The Bertz CT molecular complexity index is 235. The fourth-order valence-electron chi connectivity index (χ4n) is 2.36. The van der Waals surface area contributed by atoms with Gasteiger partial charge in [-0.3, -0.25) is 4.79 Å². The highest BCUT2D eigenvalue weighted by Crippen LogP contribution is 2.16. The molecule has 0 bridgehead atoms. The number of carbonyl (C=O) groups is 1. The summed E-state index contributed by atoms with van der Waals surface area (Å²) in [6.07, 6.45) is 1.67. The van der Waals surface area contributed by atoms with Crippen LogP contribution >= 0.6 is 0 Å². The first-order valence-electron chi connectivity index (χ1n) is 6.69. The second-order valence-electron chi connectivity index (χ2n) is 5.62. The summed E-state index contributed by atoms with van der Waals surface area (Å²) in [5.74, 6) is 1.25. The molecule has 100 valence electrons. The standard InChI is InChI=1S/C13H27N3O/c1-11(2)8-12(10-14)9-13(17)16-6-4-15(3)5-7-16/h11-12H,4-10,14H2,1-3H3/t12-/m0/s1. The molecular formula is C13H27N3O. The second kappa shape index (κ2) is 6.97. The highest BCUT2D eigenvalue weighted by Gasteiger charge is 2.22. The molecule has 0 spiro atoms. The summed E-state index contributed by atoms with van der Waals surface area (Å²) in [5.41, 5.74) is 5.74. The van der Waals surface area contributed by atoms with Gasteiger partial charge in [0.05, 0.1) is 0 Å². The Kier molecular flexibility index (Phi) is 5.92. The summed E-state index contributed by atoms with van der Waals surface area (Å²) in [4.78, 5) is 16.4. The molecule has 0 aliphatic carbocycles. The molecule has 1 saturated heterocycles. The van der Waals surface area contributed by atoms with Gasteiger partial charge in [0, 0.05) is 32.6 Å². The lowest BCUT2D eigenvalue weighted by atomic mass is 9.93. The molecule has 0 aromatic rings. The molecule has 17 heavy (non-hydrogen) atoms. The summed E-state index contributed by atoms with van der Waals surface area (Å²) < 4.78 is 0. The smallest absolute Gasteiger partial charge is 0.222 e. The van der Waals surface area contributed by atoms with E-state index in [1.54, 1.807) is 0 Å². The van der Waals surface area contributed by atoms with Gasteiger partial charge in [-0.05, 0) is 31.8 Å². The largest absolute Gasteiger partial charge is 0.340 e. The van der Waals surface area contributed by atoms with Crippen LogP contribution in [0, 0.1) is 11.8 Å². The minimum Gasteiger partial charge on any atom is -0.340 e. The fraction of sp³-hybridized carbons (Fsp3) is 0.923. The second-order valence-corrected chi connectivity index (χ2v) is 5.62. The lowest BCUT2D eigenvalue weighted by Crippen LogP contribution is -2.47. The van der Waals surface area contributed by atoms with Crippen LogP contribution in [0.5, 0.6) is 0 Å². The number of hydrogen-bond acceptors (Lipinski definition) is 3. The molecule has 1 aliphatic rings. The van der Waals surface area contributed by atoms with E-state index >= 15 is 0 Å². The van der Waals surface area contributed by atoms with E-state index in [4.69, 9.17) is 5.73 Å². The zero-order chi connectivity index (χ0) is 12.8. The molecule has 0 aromatic carbocycles. The van der Waals surface area contributed by atoms with E-state index in [1.807, 2.05) is 4.90 Å². The average molecular weight is 241 g/mol. The Hall–Kier alpha value is -0.610. The number of carbonyl (C=O) groups excluding carboxylic acids is 1. The van der Waals surface area contributed by atoms with Gasteiger partial charge < -0.3 is 15.5 Å². The Morgan fingerprint density at radius 2 is 1.82 bits per heavy atom. The van der Waals surface area contributed by atoms with E-state index in [0.717, 1.165) is 32.6 Å². The fourth-order valence-corrected chi connectivity index (χ4v) is 2.36. The summed E-state index contributed by atoms with van der Waals surface area (Å²) in [5, 5.41) is 0. The molecular weight excluding hydrogens is 214 g/mol. The molecule has 0 saturated carbocycles. The summed E-state index contributed by atoms with van der Waals surface area (Å²) in [7, 11) is 2.10. The first-order valence-corrected chi connectivity index (χ1v) is 6.69. The summed E-state index contributed by atoms with van der Waals surface area (Å²) in [6.45, 7) is 8.71. The van der Waals surface area contributed by atoms with Crippen LogP contribution in [0.1, 0.15) is 26.7 Å². The zero-order valence-electron chi connectivity index (χ0n) is 11.5. The van der Waals surface area contributed by atoms with Gasteiger partial charge in [0.15, 0.2) is 0 Å². The van der Waals surface area contributed by atoms with Crippen LogP contribution in [0.2, 0.25) is 0 Å². The highest BCUT2D eigenvalue weighted by atomic mass is 16.2. The van der Waals surface area contributed by atoms with E-state index in [-0.39, 0.29) is 5.91 Å². The van der Waals surface area contributed by atoms with Gasteiger partial charge in [-0.25, -0.2) is 0 Å². The van der Waals surface area contributed by atoms with Crippen LogP contribution in [0.4, 0.5) is 0 Å². The lowest BCUT2D eigenvalue weighted by Gasteiger charge is -2.33. The van der Waals surface area contributed by atoms with Crippen molar-refractivity contribution in [2.75, 3.05) is 39.8 Å². The van der Waals surface area contributed by atoms with E-state index in [2.05, 4.69) is 25.8 Å². The van der Waals surface area contributed by atoms with Crippen molar-refractivity contribution in [1.29, 1.82) is 0 Å². The van der Waals surface area contributed by atoms with E-state index in [1.165, 1.54) is 0 Å². The molecule has 0 unspecified atom stereocenters. The molecule has 0 radical (unpaired) electrons. The highest BCUT2D eigenvalue weighted by molar-refractivity contribution is 5.76. The third-order valence-electron chi connectivity index (χ3n) is 3.46. The van der Waals surface area contributed by atoms with Crippen molar-refractivity contribution in [2.45, 2.75) is 26.7 Å². The number of hydrogen-bond donors (Lipinski definition) is 1. The third kappa shape index (κ3) is 5.04. The first-order chi connectivity index (χ1) is 8.02. The van der Waals surface area contributed by atoms with Crippen LogP contribution in [0.15, 0.2) is 0 Å². The topological polar surface area (TPSA) is 49.6 Å². The SMILES string of the molecule is CC(C)C[C@H](CN)CC(=O)N1CCN(C)CC1. The van der Waals surface area contributed by atoms with Gasteiger partial charge in [-0.15, -0.1) is 0 Å². The molecule has 1 aliphatic heterocycles. The minimum absolute atomic E-state index is 0.286. The number of likely N-dealkylation sites (N-methyl/N-ethyl adjacent to an activating group) is 1. The summed E-state index contributed by atoms with van der Waals surface area (Å²) >= 11 is 0. The maximum absolute atomic E-state index is 12.1. The van der Waals surface area contributed by atoms with Crippen molar-refractivity contribution < 1.29 is 4.79 Å². The van der Waals surface area contributed by atoms with Gasteiger partial charge >= 0.3 is 0 Å². The maximum atomic E-state index is 12.1. The Balaban J connectivity index is 2.36. The van der Waals surface area contributed by atoms with E-state index in [9.17, 15) is 4.79 Å². The van der Waals surface area contributed by atoms with Crippen LogP contribution in [0.3, 0.4) is 0 Å². The van der Waals surface area contributed by atoms with E-state index < -0.39 is 0 Å². The van der Waals surface area contributed by atoms with Gasteiger partial charge in [0.25, 0.3) is 0 Å². The normalized spacial score (nSPS) is 19.7. The van der Waals surface area contributed by atoms with Gasteiger partial charge in [0.2, 0.25) is 5.91 Å². The number of nitrogens with two attached hydrogens (primary N) is 1. The van der Waals surface area contributed by atoms with Crippen molar-refractivity contribution in [1.82, 2.24) is 9.80 Å². The molecule has 1 amide bonds. The number of piperazine rings is 1. The van der Waals surface area contributed by atoms with Crippen LogP contribution in [-0.4, -0.2) is 55.5 Å². The van der Waals surface area contributed by atoms with Crippen molar-refractivity contribution in [3.05, 3.63) is 0 Å². The lowest BCUT2D eigenvalue weighted by molar-refractivity contribution is -0.133. The Morgan fingerprint density at radius 3 is 2.29 bits per heavy atom. The van der Waals surface area contributed by atoms with Gasteiger partial charge in [-0.1, -0.05) is 13.8 Å². The zero-order valence-corrected chi connectivity index (χ0v) is 11.5. The van der Waals surface area contributed by atoms with Crippen molar-refractivity contribution >= 4 is 5.91 Å². The Morgan fingerprint density at radius 1 is 1.24 bits per heavy atom. The predicted octanol–water partition coefficient (Wildman–Crippen LogP) is 0.772. The van der Waals surface area contributed by atoms with Gasteiger partial charge in [0.1, 0.15) is 0 Å². The predicted molar refractivity (Wildman–Crippen MR) is 70.7 cm³/mol. The maximum Gasteiger partial charge on any atom is 0.222 e. The Labute approximate surface area is 105 Å². The molecule has 2 N–H and O–H groups in total. The van der Waals surface area contributed by atoms with Crippen LogP contribution in [-0.2, 0) is 4.79 Å². The van der Waals surface area contributed by atoms with Crippen molar-refractivity contribution in [3.63, 3.8) is 0 Å². The van der Waals surface area contributed by atoms with Crippen LogP contribution in [0.25, 0.3) is 0 Å². The summed E-state index contributed by atoms with van der Waals surface area (Å²) in [6, 6.07) is 0. The molecule has 4 nitrogen and oxygen atoms in total. The van der Waals surface area contributed by atoms with Crippen molar-refractivity contribution in [3.8, 4) is 0 Å². The number of amides is 1. The quantitative estimate of drug-likeness (QED) is 0.773. The molecule has 1 heterocycles. The monoisotopic (exact) mass is 241 g/mol.